The molecule has 0 N–H and O–H groups in total. The van der Waals surface area contributed by atoms with E-state index in [1.807, 2.05) is 6.92 Å². The van der Waals surface area contributed by atoms with Crippen molar-refractivity contribution >= 4 is 26.8 Å². The third-order valence-electron chi connectivity index (χ3n) is 1.17. The van der Waals surface area contributed by atoms with Crippen LogP contribution in [0.1, 0.15) is 6.92 Å². The number of thioether (sulfide) groups is 1. The van der Waals surface area contributed by atoms with Crippen molar-refractivity contribution in [2.24, 2.45) is 4.40 Å². The van der Waals surface area contributed by atoms with E-state index in [1.54, 1.807) is 0 Å². The van der Waals surface area contributed by atoms with E-state index < -0.39 is 10.0 Å². The molecule has 1 heterocycles. The zero-order valence-corrected chi connectivity index (χ0v) is 7.78. The van der Waals surface area contributed by atoms with Crippen LogP contribution in [0.25, 0.3) is 0 Å². The molecule has 1 atom stereocenters. The maximum Gasteiger partial charge on any atom is 0.255 e. The average molecular weight is 191 g/mol. The first kappa shape index (κ1) is 8.80. The van der Waals surface area contributed by atoms with Crippen LogP contribution in [0.5, 0.6) is 0 Å². The van der Waals surface area contributed by atoms with E-state index in [2.05, 4.69) is 11.0 Å². The molecule has 0 bridgehead atoms. The van der Waals surface area contributed by atoms with Gasteiger partial charge >= 0.3 is 0 Å². The Kier molecular flexibility index (Phi) is 2.39. The molecule has 0 aromatic carbocycles. The van der Waals surface area contributed by atoms with Crippen molar-refractivity contribution < 1.29 is 8.42 Å². The molecule has 0 aliphatic carbocycles. The summed E-state index contributed by atoms with van der Waals surface area (Å²) in [6.07, 6.45) is 1.47. The van der Waals surface area contributed by atoms with Gasteiger partial charge in [-0.15, -0.1) is 11.8 Å². The molecule has 62 valence electrons. The number of hydrogen-bond donors (Lipinski definition) is 0. The Morgan fingerprint density at radius 3 is 2.91 bits per heavy atom. The first-order valence-electron chi connectivity index (χ1n) is 3.15. The van der Waals surface area contributed by atoms with Crippen molar-refractivity contribution in [3.05, 3.63) is 12.7 Å². The molecule has 1 aliphatic rings. The molecule has 0 radical (unpaired) electrons. The Labute approximate surface area is 70.6 Å². The molecular weight excluding hydrogens is 182 g/mol. The van der Waals surface area contributed by atoms with Crippen molar-refractivity contribution in [1.82, 2.24) is 0 Å². The monoisotopic (exact) mass is 191 g/mol. The van der Waals surface area contributed by atoms with Gasteiger partial charge in [-0.25, -0.2) is 8.42 Å². The Balaban J connectivity index is 3.00. The van der Waals surface area contributed by atoms with Crippen LogP contribution in [0, 0.1) is 0 Å². The van der Waals surface area contributed by atoms with Crippen LogP contribution in [0.3, 0.4) is 0 Å². The van der Waals surface area contributed by atoms with Gasteiger partial charge in [-0.05, 0) is 6.08 Å². The summed E-state index contributed by atoms with van der Waals surface area (Å²) in [6, 6.07) is 0. The third kappa shape index (κ3) is 2.34. The van der Waals surface area contributed by atoms with Gasteiger partial charge in [0.15, 0.2) is 0 Å². The summed E-state index contributed by atoms with van der Waals surface area (Å²) in [5.41, 5.74) is 0. The SMILES string of the molecule is C=CC1=NS(=O)(=O)CC(C)S1. The van der Waals surface area contributed by atoms with Gasteiger partial charge < -0.3 is 0 Å². The summed E-state index contributed by atoms with van der Waals surface area (Å²) in [7, 11) is -3.20. The van der Waals surface area contributed by atoms with E-state index in [4.69, 9.17) is 0 Å². The van der Waals surface area contributed by atoms with Gasteiger partial charge in [0, 0.05) is 5.25 Å². The van der Waals surface area contributed by atoms with E-state index in [-0.39, 0.29) is 11.0 Å². The Morgan fingerprint density at radius 2 is 2.45 bits per heavy atom. The predicted octanol–water partition coefficient (Wildman–Crippen LogP) is 1.04. The summed E-state index contributed by atoms with van der Waals surface area (Å²) in [4.78, 5) is 0. The lowest BCUT2D eigenvalue weighted by Gasteiger charge is -2.14. The van der Waals surface area contributed by atoms with Gasteiger partial charge in [0.1, 0.15) is 5.04 Å². The highest BCUT2D eigenvalue weighted by Gasteiger charge is 2.22. The number of sulfonamides is 1. The zero-order valence-electron chi connectivity index (χ0n) is 6.15. The van der Waals surface area contributed by atoms with E-state index in [0.717, 1.165) is 0 Å². The van der Waals surface area contributed by atoms with Gasteiger partial charge in [0.25, 0.3) is 10.0 Å². The molecule has 0 aromatic rings. The first-order chi connectivity index (χ1) is 5.03. The van der Waals surface area contributed by atoms with Gasteiger partial charge in [-0.2, -0.15) is 4.40 Å². The Hall–Kier alpha value is -0.290. The van der Waals surface area contributed by atoms with Crippen molar-refractivity contribution in [1.29, 1.82) is 0 Å². The van der Waals surface area contributed by atoms with Crippen LogP contribution in [-0.4, -0.2) is 24.5 Å². The third-order valence-corrected chi connectivity index (χ3v) is 3.96. The van der Waals surface area contributed by atoms with Gasteiger partial charge in [0.05, 0.1) is 5.75 Å². The minimum absolute atomic E-state index is 0.0884. The maximum absolute atomic E-state index is 11.0. The standard InChI is InChI=1S/C6H9NO2S2/c1-3-6-7-11(8,9)4-5(2)10-6/h3,5H,1,4H2,2H3. The maximum atomic E-state index is 11.0. The fraction of sp³-hybridized carbons (Fsp3) is 0.500. The molecule has 1 aliphatic heterocycles. The van der Waals surface area contributed by atoms with Gasteiger partial charge in [-0.1, -0.05) is 13.5 Å². The fourth-order valence-electron chi connectivity index (χ4n) is 0.818. The van der Waals surface area contributed by atoms with Gasteiger partial charge in [-0.3, -0.25) is 0 Å². The normalized spacial score (nSPS) is 29.2. The fourth-order valence-corrected chi connectivity index (χ4v) is 3.64. The number of nitrogens with zero attached hydrogens (tertiary/aromatic N) is 1. The molecule has 0 saturated carbocycles. The topological polar surface area (TPSA) is 46.5 Å². The molecule has 0 spiro atoms. The largest absolute Gasteiger partial charge is 0.255 e. The van der Waals surface area contributed by atoms with Crippen LogP contribution in [0.2, 0.25) is 0 Å². The summed E-state index contributed by atoms with van der Waals surface area (Å²) in [5, 5.41) is 0.592. The Morgan fingerprint density at radius 1 is 1.82 bits per heavy atom. The van der Waals surface area contributed by atoms with E-state index in [9.17, 15) is 8.42 Å². The van der Waals surface area contributed by atoms with Crippen molar-refractivity contribution in [3.63, 3.8) is 0 Å². The lowest BCUT2D eigenvalue weighted by atomic mass is 10.6. The van der Waals surface area contributed by atoms with Crippen molar-refractivity contribution in [3.8, 4) is 0 Å². The minimum atomic E-state index is -3.20. The molecule has 3 nitrogen and oxygen atoms in total. The summed E-state index contributed by atoms with van der Waals surface area (Å²) < 4.78 is 25.5. The van der Waals surface area contributed by atoms with Crippen LogP contribution in [0.15, 0.2) is 17.1 Å². The minimum Gasteiger partial charge on any atom is -0.205 e. The number of rotatable bonds is 1. The lowest BCUT2D eigenvalue weighted by Crippen LogP contribution is -2.20. The summed E-state index contributed by atoms with van der Waals surface area (Å²) in [5.74, 6) is 0.134. The summed E-state index contributed by atoms with van der Waals surface area (Å²) in [6.45, 7) is 5.33. The molecule has 0 aromatic heterocycles. The van der Waals surface area contributed by atoms with E-state index >= 15 is 0 Å². The van der Waals surface area contributed by atoms with Crippen molar-refractivity contribution in [2.45, 2.75) is 12.2 Å². The zero-order chi connectivity index (χ0) is 8.48. The molecule has 11 heavy (non-hydrogen) atoms. The predicted molar refractivity (Wildman–Crippen MR) is 48.5 cm³/mol. The highest BCUT2D eigenvalue weighted by Crippen LogP contribution is 2.22. The van der Waals surface area contributed by atoms with Crippen molar-refractivity contribution in [2.75, 3.05) is 5.75 Å². The lowest BCUT2D eigenvalue weighted by molar-refractivity contribution is 0.597. The van der Waals surface area contributed by atoms with Crippen LogP contribution in [-0.2, 0) is 10.0 Å². The highest BCUT2D eigenvalue weighted by atomic mass is 32.2. The van der Waals surface area contributed by atoms with E-state index in [0.29, 0.717) is 5.04 Å². The van der Waals surface area contributed by atoms with Gasteiger partial charge in [0.2, 0.25) is 0 Å². The smallest absolute Gasteiger partial charge is 0.205 e. The quantitative estimate of drug-likeness (QED) is 0.622. The first-order valence-corrected chi connectivity index (χ1v) is 5.64. The molecule has 5 heteroatoms. The van der Waals surface area contributed by atoms with Crippen LogP contribution in [0.4, 0.5) is 0 Å². The summed E-state index contributed by atoms with van der Waals surface area (Å²) >= 11 is 1.44. The molecular formula is C6H9NO2S2. The second-order valence-corrected chi connectivity index (χ2v) is 5.45. The molecule has 0 fully saturated rings. The van der Waals surface area contributed by atoms with Crippen LogP contribution >= 0.6 is 11.8 Å². The Bertz CT molecular complexity index is 292. The second kappa shape index (κ2) is 2.98. The average Bonchev–Trinajstić information content (AvgIpc) is 1.83. The highest BCUT2D eigenvalue weighted by molar-refractivity contribution is 8.16. The van der Waals surface area contributed by atoms with Crippen LogP contribution < -0.4 is 0 Å². The number of hydrogen-bond acceptors (Lipinski definition) is 3. The molecule has 1 rings (SSSR count). The van der Waals surface area contributed by atoms with E-state index in [1.165, 1.54) is 17.8 Å². The molecule has 0 amide bonds. The molecule has 0 saturated heterocycles. The second-order valence-electron chi connectivity index (χ2n) is 2.31. The molecule has 1 unspecified atom stereocenters.